The van der Waals surface area contributed by atoms with E-state index in [0.717, 1.165) is 0 Å². The Morgan fingerprint density at radius 3 is 2.41 bits per heavy atom. The normalized spacial score (nSPS) is 13.6. The molecule has 27 heavy (non-hydrogen) atoms. The van der Waals surface area contributed by atoms with Crippen molar-refractivity contribution < 1.29 is 23.5 Å². The topological polar surface area (TPSA) is 75.7 Å². The number of likely N-dealkylation sites (tertiary alicyclic amines) is 1. The number of hydrogen-bond donors (Lipinski definition) is 1. The van der Waals surface area contributed by atoms with Gasteiger partial charge in [0.15, 0.2) is 24.0 Å². The van der Waals surface area contributed by atoms with Gasteiger partial charge in [-0.15, -0.1) is 0 Å². The Kier molecular flexibility index (Phi) is 5.49. The smallest absolute Gasteiger partial charge is 0.260 e. The number of ketones is 1. The van der Waals surface area contributed by atoms with Gasteiger partial charge in [0.2, 0.25) is 5.91 Å². The van der Waals surface area contributed by atoms with Crippen molar-refractivity contribution in [1.82, 2.24) is 4.90 Å². The molecule has 1 fully saturated rings. The second-order valence-corrected chi connectivity index (χ2v) is 6.34. The number of Topliss-reactive ketones (excluding diaryl/α,β-unsaturated/α-hetero) is 1. The van der Waals surface area contributed by atoms with Gasteiger partial charge in [-0.25, -0.2) is 4.39 Å². The fourth-order valence-corrected chi connectivity index (χ4v) is 2.67. The van der Waals surface area contributed by atoms with Crippen LogP contribution in [0.3, 0.4) is 0 Å². The lowest BCUT2D eigenvalue weighted by Crippen LogP contribution is -2.55. The number of carbonyl (C=O) groups excluding carboxylic acids is 3. The van der Waals surface area contributed by atoms with Crippen LogP contribution in [-0.2, 0) is 9.59 Å². The summed E-state index contributed by atoms with van der Waals surface area (Å²) in [6, 6.07) is 12.5. The number of rotatable bonds is 6. The monoisotopic (exact) mass is 370 g/mol. The Hall–Kier alpha value is -3.22. The fraction of sp³-hybridized carbons (Fsp3) is 0.250. The molecule has 0 bridgehead atoms. The van der Waals surface area contributed by atoms with Crippen molar-refractivity contribution in [1.29, 1.82) is 0 Å². The van der Waals surface area contributed by atoms with Crippen molar-refractivity contribution in [2.75, 3.05) is 25.0 Å². The van der Waals surface area contributed by atoms with Gasteiger partial charge < -0.3 is 15.0 Å². The van der Waals surface area contributed by atoms with Crippen molar-refractivity contribution >= 4 is 23.3 Å². The van der Waals surface area contributed by atoms with Crippen molar-refractivity contribution in [3.8, 4) is 5.75 Å². The van der Waals surface area contributed by atoms with E-state index in [1.54, 1.807) is 30.3 Å². The second-order valence-electron chi connectivity index (χ2n) is 6.34. The lowest BCUT2D eigenvalue weighted by atomic mass is 9.99. The molecule has 3 rings (SSSR count). The van der Waals surface area contributed by atoms with Crippen molar-refractivity contribution in [3.63, 3.8) is 0 Å². The van der Waals surface area contributed by atoms with E-state index in [0.29, 0.717) is 11.3 Å². The van der Waals surface area contributed by atoms with Crippen LogP contribution in [0, 0.1) is 11.7 Å². The summed E-state index contributed by atoms with van der Waals surface area (Å²) in [5.41, 5.74) is 1.17. The summed E-state index contributed by atoms with van der Waals surface area (Å²) < 4.78 is 18.6. The third-order valence-corrected chi connectivity index (χ3v) is 4.35. The molecule has 1 aliphatic heterocycles. The maximum atomic E-state index is 13.5. The molecular formula is C20H19FN2O4. The van der Waals surface area contributed by atoms with Crippen LogP contribution in [0.15, 0.2) is 48.5 Å². The van der Waals surface area contributed by atoms with Crippen molar-refractivity contribution in [2.45, 2.75) is 6.92 Å². The first kappa shape index (κ1) is 18.6. The highest BCUT2D eigenvalue weighted by Gasteiger charge is 2.35. The molecule has 2 aromatic carbocycles. The van der Waals surface area contributed by atoms with Crippen LogP contribution >= 0.6 is 0 Å². The summed E-state index contributed by atoms with van der Waals surface area (Å²) in [5, 5.41) is 2.77. The zero-order valence-corrected chi connectivity index (χ0v) is 14.8. The lowest BCUT2D eigenvalue weighted by molar-refractivity contribution is -0.143. The Balaban J connectivity index is 1.44. The highest BCUT2D eigenvalue weighted by atomic mass is 19.1. The van der Waals surface area contributed by atoms with Crippen molar-refractivity contribution in [2.24, 2.45) is 5.92 Å². The number of ether oxygens (including phenoxy) is 1. The van der Waals surface area contributed by atoms with Crippen LogP contribution in [0.25, 0.3) is 0 Å². The van der Waals surface area contributed by atoms with Gasteiger partial charge in [0.1, 0.15) is 0 Å². The molecule has 0 saturated carbocycles. The molecule has 1 saturated heterocycles. The first-order valence-electron chi connectivity index (χ1n) is 8.51. The maximum Gasteiger partial charge on any atom is 0.260 e. The molecule has 0 radical (unpaired) electrons. The van der Waals surface area contributed by atoms with Gasteiger partial charge in [-0.2, -0.15) is 0 Å². The standard InChI is InChI=1S/C20H19FN2O4/c1-13(24)14-6-8-16(9-7-14)22-20(26)15-10-23(11-15)19(25)12-27-18-5-3-2-4-17(18)21/h2-9,15H,10-12H2,1H3,(H,22,26). The average Bonchev–Trinajstić information content (AvgIpc) is 2.60. The molecule has 0 atom stereocenters. The number of benzene rings is 2. The minimum atomic E-state index is -0.526. The molecule has 1 heterocycles. The van der Waals surface area contributed by atoms with Gasteiger partial charge >= 0.3 is 0 Å². The number of halogens is 1. The Bertz CT molecular complexity index is 861. The quantitative estimate of drug-likeness (QED) is 0.793. The number of amides is 2. The second kappa shape index (κ2) is 7.99. The predicted molar refractivity (Wildman–Crippen MR) is 97.0 cm³/mol. The van der Waals surface area contributed by atoms with Crippen LogP contribution in [0.1, 0.15) is 17.3 Å². The van der Waals surface area contributed by atoms with Gasteiger partial charge in [-0.05, 0) is 43.3 Å². The molecule has 1 aliphatic rings. The van der Waals surface area contributed by atoms with E-state index in [9.17, 15) is 18.8 Å². The molecular weight excluding hydrogens is 351 g/mol. The van der Waals surface area contributed by atoms with Gasteiger partial charge in [0.25, 0.3) is 5.91 Å². The minimum absolute atomic E-state index is 0.0228. The van der Waals surface area contributed by atoms with Gasteiger partial charge in [-0.1, -0.05) is 12.1 Å². The molecule has 2 amide bonds. The average molecular weight is 370 g/mol. The van der Waals surface area contributed by atoms with E-state index in [1.807, 2.05) is 0 Å². The van der Waals surface area contributed by atoms with E-state index < -0.39 is 5.82 Å². The number of nitrogens with one attached hydrogen (secondary N) is 1. The molecule has 1 N–H and O–H groups in total. The molecule has 7 heteroatoms. The first-order valence-corrected chi connectivity index (χ1v) is 8.51. The van der Waals surface area contributed by atoms with E-state index in [4.69, 9.17) is 4.74 Å². The van der Waals surface area contributed by atoms with Crippen molar-refractivity contribution in [3.05, 3.63) is 59.9 Å². The van der Waals surface area contributed by atoms with Crippen LogP contribution < -0.4 is 10.1 Å². The molecule has 0 aliphatic carbocycles. The zero-order valence-electron chi connectivity index (χ0n) is 14.8. The highest BCUT2D eigenvalue weighted by Crippen LogP contribution is 2.20. The SMILES string of the molecule is CC(=O)c1ccc(NC(=O)C2CN(C(=O)COc3ccccc3F)C2)cc1. The van der Waals surface area contributed by atoms with E-state index in [2.05, 4.69) is 5.32 Å². The molecule has 2 aromatic rings. The Morgan fingerprint density at radius 2 is 1.78 bits per heavy atom. The third-order valence-electron chi connectivity index (χ3n) is 4.35. The van der Waals surface area contributed by atoms with Crippen LogP contribution in [0.2, 0.25) is 0 Å². The van der Waals surface area contributed by atoms with Crippen LogP contribution in [0.5, 0.6) is 5.75 Å². The number of nitrogens with zero attached hydrogens (tertiary/aromatic N) is 1. The Morgan fingerprint density at radius 1 is 1.11 bits per heavy atom. The highest BCUT2D eigenvalue weighted by molar-refractivity contribution is 5.97. The van der Waals surface area contributed by atoms with E-state index in [1.165, 1.54) is 30.0 Å². The molecule has 0 spiro atoms. The summed E-state index contributed by atoms with van der Waals surface area (Å²) in [6.07, 6.45) is 0. The van der Waals surface area contributed by atoms with E-state index >= 15 is 0 Å². The summed E-state index contributed by atoms with van der Waals surface area (Å²) in [4.78, 5) is 37.0. The van der Waals surface area contributed by atoms with Gasteiger partial charge in [0, 0.05) is 24.3 Å². The van der Waals surface area contributed by atoms with Crippen LogP contribution in [-0.4, -0.2) is 42.2 Å². The summed E-state index contributed by atoms with van der Waals surface area (Å²) in [6.45, 7) is 1.78. The molecule has 0 aromatic heterocycles. The first-order chi connectivity index (χ1) is 12.9. The number of hydrogen-bond acceptors (Lipinski definition) is 4. The summed E-state index contributed by atoms with van der Waals surface area (Å²) in [7, 11) is 0. The summed E-state index contributed by atoms with van der Waals surface area (Å²) in [5.74, 6) is -1.34. The fourth-order valence-electron chi connectivity index (χ4n) is 2.67. The molecule has 6 nitrogen and oxygen atoms in total. The largest absolute Gasteiger partial charge is 0.481 e. The molecule has 140 valence electrons. The number of para-hydroxylation sites is 1. The number of anilines is 1. The summed E-state index contributed by atoms with van der Waals surface area (Å²) >= 11 is 0. The lowest BCUT2D eigenvalue weighted by Gasteiger charge is -2.38. The molecule has 0 unspecified atom stereocenters. The maximum absolute atomic E-state index is 13.5. The third kappa shape index (κ3) is 4.49. The number of carbonyl (C=O) groups is 3. The van der Waals surface area contributed by atoms with Gasteiger partial charge in [0.05, 0.1) is 5.92 Å². The minimum Gasteiger partial charge on any atom is -0.481 e. The van der Waals surface area contributed by atoms with E-state index in [-0.39, 0.29) is 49.0 Å². The zero-order chi connectivity index (χ0) is 19.4. The van der Waals surface area contributed by atoms with Gasteiger partial charge in [-0.3, -0.25) is 14.4 Å². The Labute approximate surface area is 155 Å². The van der Waals surface area contributed by atoms with Crippen LogP contribution in [0.4, 0.5) is 10.1 Å². The predicted octanol–water partition coefficient (Wildman–Crippen LogP) is 2.50.